The largest absolute Gasteiger partial charge is 0.465 e. The number of rotatable bonds is 5. The number of esters is 1. The van der Waals surface area contributed by atoms with Gasteiger partial charge in [-0.1, -0.05) is 35.9 Å². The maximum absolute atomic E-state index is 11.4. The maximum Gasteiger partial charge on any atom is 0.337 e. The molecule has 1 fully saturated rings. The van der Waals surface area contributed by atoms with E-state index in [9.17, 15) is 4.79 Å². The smallest absolute Gasteiger partial charge is 0.337 e. The Labute approximate surface area is 158 Å². The Morgan fingerprint density at radius 1 is 1.15 bits per heavy atom. The molecule has 0 saturated carbocycles. The fourth-order valence-corrected chi connectivity index (χ4v) is 3.09. The molecule has 26 heavy (non-hydrogen) atoms. The number of carbonyl (C=O) groups excluding carboxylic acids is 1. The molecular formula is C20H23ClN3O2+. The van der Waals surface area contributed by atoms with Crippen molar-refractivity contribution in [3.05, 3.63) is 70.2 Å². The van der Waals surface area contributed by atoms with Gasteiger partial charge in [0.05, 0.1) is 45.1 Å². The lowest BCUT2D eigenvalue weighted by Crippen LogP contribution is -3.13. The second-order valence-electron chi connectivity index (χ2n) is 6.37. The number of quaternary nitrogens is 1. The molecule has 0 unspecified atom stereocenters. The number of nitrogens with zero attached hydrogens (tertiary/aromatic N) is 2. The number of carbonyl (C=O) groups is 1. The van der Waals surface area contributed by atoms with Crippen LogP contribution in [0.25, 0.3) is 0 Å². The first-order valence-corrected chi connectivity index (χ1v) is 9.07. The number of piperazine rings is 1. The van der Waals surface area contributed by atoms with E-state index in [-0.39, 0.29) is 5.97 Å². The third-order valence-electron chi connectivity index (χ3n) is 4.52. The summed E-state index contributed by atoms with van der Waals surface area (Å²) < 4.78 is 4.70. The summed E-state index contributed by atoms with van der Waals surface area (Å²) in [4.78, 5) is 13.0. The van der Waals surface area contributed by atoms with E-state index in [1.807, 2.05) is 30.5 Å². The lowest BCUT2D eigenvalue weighted by Gasteiger charge is -2.30. The fraction of sp³-hybridized carbons (Fsp3) is 0.300. The lowest BCUT2D eigenvalue weighted by molar-refractivity contribution is -0.918. The summed E-state index contributed by atoms with van der Waals surface area (Å²) in [6, 6.07) is 15.3. The summed E-state index contributed by atoms with van der Waals surface area (Å²) in [5.41, 5.74) is 2.82. The van der Waals surface area contributed by atoms with Crippen LogP contribution in [0.5, 0.6) is 0 Å². The molecule has 1 N–H and O–H groups in total. The Balaban J connectivity index is 1.48. The quantitative estimate of drug-likeness (QED) is 0.643. The van der Waals surface area contributed by atoms with Crippen molar-refractivity contribution in [2.24, 2.45) is 5.10 Å². The van der Waals surface area contributed by atoms with E-state index in [4.69, 9.17) is 16.3 Å². The van der Waals surface area contributed by atoms with Crippen molar-refractivity contribution in [2.75, 3.05) is 33.3 Å². The van der Waals surface area contributed by atoms with Crippen LogP contribution < -0.4 is 4.90 Å². The summed E-state index contributed by atoms with van der Waals surface area (Å²) >= 11 is 5.94. The minimum atomic E-state index is -0.326. The molecule has 2 aromatic carbocycles. The molecule has 1 aliphatic heterocycles. The first kappa shape index (κ1) is 18.4. The average Bonchev–Trinajstić information content (AvgIpc) is 2.69. The van der Waals surface area contributed by atoms with Crippen LogP contribution in [0.15, 0.2) is 53.6 Å². The summed E-state index contributed by atoms with van der Waals surface area (Å²) in [5.74, 6) is -0.326. The van der Waals surface area contributed by atoms with Crippen molar-refractivity contribution in [3.63, 3.8) is 0 Å². The molecule has 0 aromatic heterocycles. The SMILES string of the molecule is COC(=O)c1ccc(/C=N\N2CC[NH+](Cc3ccc(Cl)cc3)CC2)cc1. The molecule has 0 bridgehead atoms. The molecule has 0 atom stereocenters. The molecule has 0 radical (unpaired) electrons. The van der Waals surface area contributed by atoms with Gasteiger partial charge in [0, 0.05) is 10.6 Å². The molecule has 0 spiro atoms. The van der Waals surface area contributed by atoms with Gasteiger partial charge in [0.25, 0.3) is 0 Å². The van der Waals surface area contributed by atoms with Crippen LogP contribution in [0.4, 0.5) is 0 Å². The zero-order chi connectivity index (χ0) is 18.4. The molecule has 5 nitrogen and oxygen atoms in total. The summed E-state index contributed by atoms with van der Waals surface area (Å²) in [6.45, 7) is 4.99. The van der Waals surface area contributed by atoms with Gasteiger partial charge < -0.3 is 9.64 Å². The first-order valence-electron chi connectivity index (χ1n) is 8.69. The van der Waals surface area contributed by atoms with Gasteiger partial charge in [-0.3, -0.25) is 5.01 Å². The van der Waals surface area contributed by atoms with Gasteiger partial charge in [0.2, 0.25) is 0 Å². The molecule has 136 valence electrons. The highest BCUT2D eigenvalue weighted by molar-refractivity contribution is 6.30. The van der Waals surface area contributed by atoms with Gasteiger partial charge in [-0.05, 0) is 29.8 Å². The minimum absolute atomic E-state index is 0.326. The molecule has 6 heteroatoms. The Morgan fingerprint density at radius 3 is 2.42 bits per heavy atom. The van der Waals surface area contributed by atoms with E-state index in [0.29, 0.717) is 5.56 Å². The van der Waals surface area contributed by atoms with Crippen molar-refractivity contribution < 1.29 is 14.4 Å². The first-order chi connectivity index (χ1) is 12.6. The molecule has 3 rings (SSSR count). The Morgan fingerprint density at radius 2 is 1.81 bits per heavy atom. The fourth-order valence-electron chi connectivity index (χ4n) is 2.97. The zero-order valence-electron chi connectivity index (χ0n) is 14.8. The number of hydrogen-bond acceptors (Lipinski definition) is 4. The van der Waals surface area contributed by atoms with E-state index >= 15 is 0 Å². The maximum atomic E-state index is 11.4. The highest BCUT2D eigenvalue weighted by Gasteiger charge is 2.18. The van der Waals surface area contributed by atoms with Crippen molar-refractivity contribution in [3.8, 4) is 0 Å². The Kier molecular flexibility index (Phi) is 6.26. The highest BCUT2D eigenvalue weighted by atomic mass is 35.5. The van der Waals surface area contributed by atoms with Crippen LogP contribution in [0, 0.1) is 0 Å². The number of halogens is 1. The van der Waals surface area contributed by atoms with Crippen molar-refractivity contribution >= 4 is 23.8 Å². The monoisotopic (exact) mass is 372 g/mol. The van der Waals surface area contributed by atoms with Gasteiger partial charge in [0.15, 0.2) is 0 Å². The zero-order valence-corrected chi connectivity index (χ0v) is 15.6. The van der Waals surface area contributed by atoms with Crippen LogP contribution in [-0.2, 0) is 11.3 Å². The van der Waals surface area contributed by atoms with Crippen molar-refractivity contribution in [1.29, 1.82) is 0 Å². The molecule has 0 aliphatic carbocycles. The second kappa shape index (κ2) is 8.83. The van der Waals surface area contributed by atoms with Gasteiger partial charge in [-0.25, -0.2) is 4.79 Å². The van der Waals surface area contributed by atoms with Crippen LogP contribution in [0.1, 0.15) is 21.5 Å². The number of nitrogens with one attached hydrogen (secondary N) is 1. The molecule has 1 heterocycles. The van der Waals surface area contributed by atoms with Crippen LogP contribution in [0.3, 0.4) is 0 Å². The predicted octanol–water partition coefficient (Wildman–Crippen LogP) is 1.86. The average molecular weight is 373 g/mol. The third-order valence-corrected chi connectivity index (χ3v) is 4.77. The van der Waals surface area contributed by atoms with Gasteiger partial charge in [0.1, 0.15) is 6.54 Å². The van der Waals surface area contributed by atoms with E-state index in [0.717, 1.165) is 43.3 Å². The van der Waals surface area contributed by atoms with Crippen LogP contribution in [0.2, 0.25) is 5.02 Å². The minimum Gasteiger partial charge on any atom is -0.465 e. The molecule has 2 aromatic rings. The summed E-state index contributed by atoms with van der Waals surface area (Å²) in [7, 11) is 1.38. The number of hydrogen-bond donors (Lipinski definition) is 1. The van der Waals surface area contributed by atoms with Crippen LogP contribution in [-0.4, -0.2) is 50.5 Å². The molecule has 1 saturated heterocycles. The topological polar surface area (TPSA) is 46.3 Å². The molecular weight excluding hydrogens is 350 g/mol. The predicted molar refractivity (Wildman–Crippen MR) is 103 cm³/mol. The second-order valence-corrected chi connectivity index (χ2v) is 6.80. The lowest BCUT2D eigenvalue weighted by atomic mass is 10.1. The van der Waals surface area contributed by atoms with E-state index in [1.165, 1.54) is 12.7 Å². The van der Waals surface area contributed by atoms with E-state index < -0.39 is 0 Å². The van der Waals surface area contributed by atoms with Crippen molar-refractivity contribution in [2.45, 2.75) is 6.54 Å². The highest BCUT2D eigenvalue weighted by Crippen LogP contribution is 2.09. The van der Waals surface area contributed by atoms with Crippen LogP contribution >= 0.6 is 11.6 Å². The summed E-state index contributed by atoms with van der Waals surface area (Å²) in [6.07, 6.45) is 1.84. The summed E-state index contributed by atoms with van der Waals surface area (Å²) in [5, 5.41) is 7.44. The standard InChI is InChI=1S/C20H22ClN3O2/c1-26-20(25)18-6-2-16(3-7-18)14-22-24-12-10-23(11-13-24)15-17-4-8-19(21)9-5-17/h2-9,14H,10-13,15H2,1H3/p+1/b22-14-. The van der Waals surface area contributed by atoms with Gasteiger partial charge in [-0.15, -0.1) is 0 Å². The van der Waals surface area contributed by atoms with Crippen molar-refractivity contribution in [1.82, 2.24) is 5.01 Å². The van der Waals surface area contributed by atoms with Gasteiger partial charge in [-0.2, -0.15) is 5.10 Å². The number of methoxy groups -OCH3 is 1. The van der Waals surface area contributed by atoms with Gasteiger partial charge >= 0.3 is 5.97 Å². The Hall–Kier alpha value is -2.37. The van der Waals surface area contributed by atoms with E-state index in [1.54, 1.807) is 17.0 Å². The number of benzene rings is 2. The number of ether oxygens (including phenoxy) is 1. The Bertz CT molecular complexity index is 752. The van der Waals surface area contributed by atoms with E-state index in [2.05, 4.69) is 22.2 Å². The molecule has 0 amide bonds. The normalized spacial score (nSPS) is 15.4. The molecule has 1 aliphatic rings. The third kappa shape index (κ3) is 5.07. The number of hydrazone groups is 1.